The van der Waals surface area contributed by atoms with Crippen LogP contribution in [0.25, 0.3) is 16.9 Å². The van der Waals surface area contributed by atoms with Gasteiger partial charge in [0.15, 0.2) is 17.4 Å². The summed E-state index contributed by atoms with van der Waals surface area (Å²) < 4.78 is 36.9. The van der Waals surface area contributed by atoms with Gasteiger partial charge >= 0.3 is 0 Å². The number of anilines is 2. The molecule has 0 unspecified atom stereocenters. The highest BCUT2D eigenvalue weighted by Gasteiger charge is 2.23. The van der Waals surface area contributed by atoms with E-state index in [-0.39, 0.29) is 29.6 Å². The van der Waals surface area contributed by atoms with Crippen LogP contribution in [-0.4, -0.2) is 49.5 Å². The number of hydrogen-bond acceptors (Lipinski definition) is 7. The molecule has 10 heteroatoms. The summed E-state index contributed by atoms with van der Waals surface area (Å²) in [6, 6.07) is 6.77. The van der Waals surface area contributed by atoms with Gasteiger partial charge in [-0.2, -0.15) is 0 Å². The van der Waals surface area contributed by atoms with Crippen molar-refractivity contribution < 1.29 is 13.5 Å². The van der Waals surface area contributed by atoms with Crippen LogP contribution >= 0.6 is 0 Å². The van der Waals surface area contributed by atoms with E-state index in [0.29, 0.717) is 17.4 Å². The molecule has 1 saturated heterocycles. The zero-order valence-electron chi connectivity index (χ0n) is 19.1. The van der Waals surface area contributed by atoms with E-state index in [9.17, 15) is 8.78 Å². The zero-order valence-corrected chi connectivity index (χ0v) is 19.1. The lowest BCUT2D eigenvalue weighted by Crippen LogP contribution is -2.29. The molecule has 1 fully saturated rings. The Bertz CT molecular complexity index is 1380. The van der Waals surface area contributed by atoms with Gasteiger partial charge in [-0.05, 0) is 62.7 Å². The quantitative estimate of drug-likeness (QED) is 0.467. The Hall–Kier alpha value is -3.92. The number of ether oxygens (including phenoxy) is 1. The molecule has 0 saturated carbocycles. The summed E-state index contributed by atoms with van der Waals surface area (Å²) in [6.45, 7) is 2.37. The van der Waals surface area contributed by atoms with Crippen LogP contribution in [0.4, 0.5) is 20.5 Å². The van der Waals surface area contributed by atoms with E-state index in [1.54, 1.807) is 23.2 Å². The van der Waals surface area contributed by atoms with Gasteiger partial charge in [0.1, 0.15) is 18.1 Å². The molecule has 0 spiro atoms. The number of halogens is 2. The molecule has 3 aromatic heterocycles. The molecular formula is C25H23F2N7O. The first-order valence-corrected chi connectivity index (χ1v) is 11.5. The minimum Gasteiger partial charge on any atom is -0.482 e. The maximum Gasteiger partial charge on any atom is 0.229 e. The van der Waals surface area contributed by atoms with Gasteiger partial charge in [0.2, 0.25) is 5.95 Å². The van der Waals surface area contributed by atoms with E-state index < -0.39 is 11.6 Å². The Morgan fingerprint density at radius 1 is 1.03 bits per heavy atom. The van der Waals surface area contributed by atoms with Gasteiger partial charge in [0.05, 0.1) is 30.1 Å². The van der Waals surface area contributed by atoms with E-state index in [1.165, 1.54) is 11.6 Å². The van der Waals surface area contributed by atoms with E-state index in [2.05, 4.69) is 43.3 Å². The van der Waals surface area contributed by atoms with Crippen molar-refractivity contribution in [2.24, 2.45) is 0 Å². The predicted octanol–water partition coefficient (Wildman–Crippen LogP) is 4.45. The number of nitrogens with one attached hydrogen (secondary N) is 1. The molecule has 0 aliphatic carbocycles. The van der Waals surface area contributed by atoms with Crippen molar-refractivity contribution in [3.8, 4) is 22.7 Å². The number of nitrogens with zero attached hydrogens (tertiary/aromatic N) is 6. The molecule has 0 bridgehead atoms. The van der Waals surface area contributed by atoms with Crippen LogP contribution in [0.5, 0.6) is 5.75 Å². The number of piperidine rings is 1. The van der Waals surface area contributed by atoms with Crippen LogP contribution in [0.2, 0.25) is 0 Å². The average Bonchev–Trinajstić information content (AvgIpc) is 3.36. The summed E-state index contributed by atoms with van der Waals surface area (Å²) >= 11 is 0. The van der Waals surface area contributed by atoms with E-state index in [1.807, 2.05) is 12.3 Å². The third-order valence-corrected chi connectivity index (χ3v) is 6.60. The van der Waals surface area contributed by atoms with E-state index in [0.717, 1.165) is 37.8 Å². The number of likely N-dealkylation sites (tertiary alicyclic amines) is 1. The van der Waals surface area contributed by atoms with Crippen LogP contribution in [0.15, 0.2) is 49.2 Å². The van der Waals surface area contributed by atoms with Crippen molar-refractivity contribution in [1.82, 2.24) is 29.4 Å². The van der Waals surface area contributed by atoms with Gasteiger partial charge < -0.3 is 15.0 Å². The maximum absolute atomic E-state index is 14.9. The lowest BCUT2D eigenvalue weighted by molar-refractivity contribution is 0.255. The Kier molecular flexibility index (Phi) is 5.37. The second-order valence-electron chi connectivity index (χ2n) is 8.92. The summed E-state index contributed by atoms with van der Waals surface area (Å²) in [5.74, 6) is 0.0471. The largest absolute Gasteiger partial charge is 0.482 e. The van der Waals surface area contributed by atoms with Crippen LogP contribution in [0.1, 0.15) is 30.0 Å². The summed E-state index contributed by atoms with van der Waals surface area (Å²) in [6.07, 6.45) is 8.37. The number of benzene rings is 1. The lowest BCUT2D eigenvalue weighted by Gasteiger charge is -2.29. The highest BCUT2D eigenvalue weighted by molar-refractivity contribution is 5.68. The summed E-state index contributed by atoms with van der Waals surface area (Å²) in [7, 11) is 2.14. The standard InChI is InChI=1S/C25H23F2N7O/c1-33-6-4-15(5-7-33)16-2-3-22(29-10-16)31-25-30-12-20(27)23(32-25)17-8-19(26)24-21(9-17)34-14-28-11-18(34)13-35-24/h2-3,8-12,14-15H,4-7,13H2,1H3,(H,29,30,31,32). The van der Waals surface area contributed by atoms with Crippen LogP contribution in [0, 0.1) is 11.6 Å². The molecule has 0 radical (unpaired) electrons. The molecular weight excluding hydrogens is 452 g/mol. The van der Waals surface area contributed by atoms with E-state index in [4.69, 9.17) is 4.74 Å². The van der Waals surface area contributed by atoms with Gasteiger partial charge in [-0.1, -0.05) is 6.07 Å². The molecule has 6 rings (SSSR count). The Labute approximate surface area is 200 Å². The smallest absolute Gasteiger partial charge is 0.229 e. The highest BCUT2D eigenvalue weighted by Crippen LogP contribution is 2.36. The Morgan fingerprint density at radius 3 is 2.69 bits per heavy atom. The highest BCUT2D eigenvalue weighted by atomic mass is 19.1. The molecule has 5 heterocycles. The predicted molar refractivity (Wildman–Crippen MR) is 126 cm³/mol. The minimum absolute atomic E-state index is 0.0283. The first-order valence-electron chi connectivity index (χ1n) is 11.5. The minimum atomic E-state index is -0.664. The maximum atomic E-state index is 14.9. The molecule has 2 aliphatic rings. The molecule has 0 atom stereocenters. The fourth-order valence-corrected chi connectivity index (χ4v) is 4.64. The Balaban J connectivity index is 1.27. The van der Waals surface area contributed by atoms with E-state index >= 15 is 0 Å². The van der Waals surface area contributed by atoms with Crippen molar-refractivity contribution in [2.45, 2.75) is 25.4 Å². The monoisotopic (exact) mass is 475 g/mol. The topological polar surface area (TPSA) is 81.0 Å². The third-order valence-electron chi connectivity index (χ3n) is 6.60. The van der Waals surface area contributed by atoms with Crippen LogP contribution < -0.4 is 10.1 Å². The first-order chi connectivity index (χ1) is 17.0. The second-order valence-corrected chi connectivity index (χ2v) is 8.92. The molecule has 4 aromatic rings. The third kappa shape index (κ3) is 4.10. The molecule has 1 aromatic carbocycles. The number of imidazole rings is 1. The summed E-state index contributed by atoms with van der Waals surface area (Å²) in [5, 5.41) is 3.03. The van der Waals surface area contributed by atoms with Crippen molar-refractivity contribution in [3.63, 3.8) is 0 Å². The zero-order chi connectivity index (χ0) is 23.9. The average molecular weight is 476 g/mol. The number of rotatable bonds is 4. The van der Waals surface area contributed by atoms with Gasteiger partial charge in [0, 0.05) is 11.8 Å². The van der Waals surface area contributed by atoms with Crippen LogP contribution in [0.3, 0.4) is 0 Å². The fraction of sp³-hybridized carbons (Fsp3) is 0.280. The normalized spacial score (nSPS) is 15.9. The molecule has 178 valence electrons. The molecule has 35 heavy (non-hydrogen) atoms. The van der Waals surface area contributed by atoms with Gasteiger partial charge in [0.25, 0.3) is 0 Å². The number of aromatic nitrogens is 5. The van der Waals surface area contributed by atoms with Crippen molar-refractivity contribution in [3.05, 3.63) is 72.1 Å². The fourth-order valence-electron chi connectivity index (χ4n) is 4.64. The SMILES string of the molecule is CN1CCC(c2ccc(Nc3ncc(F)c(-c4cc(F)c5c(c4)-n4cncc4CO5)n3)nc2)CC1. The van der Waals surface area contributed by atoms with Crippen molar-refractivity contribution in [1.29, 1.82) is 0 Å². The molecule has 8 nitrogen and oxygen atoms in total. The number of fused-ring (bicyclic) bond motifs is 3. The lowest BCUT2D eigenvalue weighted by atomic mass is 9.91. The molecule has 0 amide bonds. The van der Waals surface area contributed by atoms with Gasteiger partial charge in [-0.15, -0.1) is 0 Å². The van der Waals surface area contributed by atoms with Crippen LogP contribution in [-0.2, 0) is 6.61 Å². The Morgan fingerprint density at radius 2 is 1.89 bits per heavy atom. The second kappa shape index (κ2) is 8.70. The molecule has 1 N–H and O–H groups in total. The van der Waals surface area contributed by atoms with Crippen molar-refractivity contribution in [2.75, 3.05) is 25.5 Å². The summed E-state index contributed by atoms with van der Waals surface area (Å²) in [5.41, 5.74) is 2.65. The first kappa shape index (κ1) is 21.6. The van der Waals surface area contributed by atoms with Gasteiger partial charge in [-0.3, -0.25) is 4.57 Å². The van der Waals surface area contributed by atoms with Crippen molar-refractivity contribution >= 4 is 11.8 Å². The number of hydrogen-bond donors (Lipinski definition) is 1. The molecule has 2 aliphatic heterocycles. The summed E-state index contributed by atoms with van der Waals surface area (Å²) in [4.78, 5) is 19.3. The van der Waals surface area contributed by atoms with Gasteiger partial charge in [-0.25, -0.2) is 28.7 Å². The number of pyridine rings is 1.